The lowest BCUT2D eigenvalue weighted by atomic mass is 10.0. The summed E-state index contributed by atoms with van der Waals surface area (Å²) in [6.07, 6.45) is 1.22. The first kappa shape index (κ1) is 15.8. The van der Waals surface area contributed by atoms with Crippen molar-refractivity contribution in [2.24, 2.45) is 0 Å². The topological polar surface area (TPSA) is 9.23 Å². The van der Waals surface area contributed by atoms with Crippen LogP contribution in [-0.4, -0.2) is 6.61 Å². The Hall–Kier alpha value is -1.61. The average molecular weight is 311 g/mol. The lowest BCUT2D eigenvalue weighted by molar-refractivity contribution is 0.317. The van der Waals surface area contributed by atoms with E-state index in [9.17, 15) is 8.78 Å². The molecule has 0 aliphatic heterocycles. The van der Waals surface area contributed by atoms with Crippen LogP contribution in [0, 0.1) is 11.6 Å². The Morgan fingerprint density at radius 1 is 1.14 bits per heavy atom. The molecule has 4 heteroatoms. The van der Waals surface area contributed by atoms with Gasteiger partial charge in [-0.15, -0.1) is 11.6 Å². The van der Waals surface area contributed by atoms with Gasteiger partial charge in [0, 0.05) is 6.07 Å². The van der Waals surface area contributed by atoms with Crippen LogP contribution in [-0.2, 0) is 6.42 Å². The van der Waals surface area contributed by atoms with Crippen molar-refractivity contribution in [1.82, 2.24) is 0 Å². The molecule has 0 saturated heterocycles. The highest BCUT2D eigenvalue weighted by Gasteiger charge is 2.13. The van der Waals surface area contributed by atoms with E-state index in [1.54, 1.807) is 0 Å². The Kier molecular flexibility index (Phi) is 5.57. The minimum atomic E-state index is -0.586. The van der Waals surface area contributed by atoms with E-state index in [-0.39, 0.29) is 0 Å². The van der Waals surface area contributed by atoms with Crippen molar-refractivity contribution >= 4 is 11.6 Å². The predicted octanol–water partition coefficient (Wildman–Crippen LogP) is 5.28. The Labute approximate surface area is 128 Å². The second-order valence-corrected chi connectivity index (χ2v) is 5.36. The maximum atomic E-state index is 13.6. The van der Waals surface area contributed by atoms with Gasteiger partial charge in [-0.05, 0) is 42.2 Å². The SMILES string of the molecule is CCCOc1cccc(C(Cl)Cc2ccc(F)cc2F)c1. The fourth-order valence-corrected chi connectivity index (χ4v) is 2.32. The first-order valence-electron chi connectivity index (χ1n) is 6.91. The van der Waals surface area contributed by atoms with Gasteiger partial charge in [-0.3, -0.25) is 0 Å². The molecular weight excluding hydrogens is 294 g/mol. The molecule has 0 aliphatic carbocycles. The van der Waals surface area contributed by atoms with Gasteiger partial charge in [0.1, 0.15) is 17.4 Å². The first-order chi connectivity index (χ1) is 10.1. The molecule has 1 unspecified atom stereocenters. The van der Waals surface area contributed by atoms with E-state index < -0.39 is 17.0 Å². The van der Waals surface area contributed by atoms with Crippen molar-refractivity contribution in [3.8, 4) is 5.75 Å². The highest BCUT2D eigenvalue weighted by molar-refractivity contribution is 6.20. The third-order valence-electron chi connectivity index (χ3n) is 3.11. The fraction of sp³-hybridized carbons (Fsp3) is 0.294. The molecule has 2 rings (SSSR count). The summed E-state index contributed by atoms with van der Waals surface area (Å²) in [5, 5.41) is -0.393. The first-order valence-corrected chi connectivity index (χ1v) is 7.34. The van der Waals surface area contributed by atoms with Crippen molar-refractivity contribution in [3.05, 3.63) is 65.2 Å². The standard InChI is InChI=1S/C17H17ClF2O/c1-2-8-21-15-5-3-4-12(9-15)16(18)10-13-6-7-14(19)11-17(13)20/h3-7,9,11,16H,2,8,10H2,1H3. The molecule has 0 aliphatic rings. The minimum absolute atomic E-state index is 0.297. The van der Waals surface area contributed by atoms with E-state index >= 15 is 0 Å². The molecule has 0 spiro atoms. The van der Waals surface area contributed by atoms with E-state index in [1.807, 2.05) is 31.2 Å². The lowest BCUT2D eigenvalue weighted by Gasteiger charge is -2.12. The number of halogens is 3. The molecule has 0 fully saturated rings. The van der Waals surface area contributed by atoms with Crippen LogP contribution in [0.1, 0.15) is 29.8 Å². The molecule has 1 nitrogen and oxygen atoms in total. The summed E-state index contributed by atoms with van der Waals surface area (Å²) in [6, 6.07) is 11.0. The van der Waals surface area contributed by atoms with Gasteiger partial charge < -0.3 is 4.74 Å². The van der Waals surface area contributed by atoms with Gasteiger partial charge in [-0.25, -0.2) is 8.78 Å². The fourth-order valence-electron chi connectivity index (χ4n) is 2.02. The quantitative estimate of drug-likeness (QED) is 0.660. The van der Waals surface area contributed by atoms with Crippen LogP contribution >= 0.6 is 11.6 Å². The van der Waals surface area contributed by atoms with Crippen molar-refractivity contribution in [2.75, 3.05) is 6.61 Å². The van der Waals surface area contributed by atoms with Crippen LogP contribution in [0.4, 0.5) is 8.78 Å². The second kappa shape index (κ2) is 7.41. The molecule has 0 radical (unpaired) electrons. The monoisotopic (exact) mass is 310 g/mol. The molecule has 0 bridgehead atoms. The van der Waals surface area contributed by atoms with Crippen LogP contribution in [0.15, 0.2) is 42.5 Å². The molecule has 0 heterocycles. The average Bonchev–Trinajstić information content (AvgIpc) is 2.48. The van der Waals surface area contributed by atoms with Gasteiger partial charge in [-0.1, -0.05) is 25.1 Å². The van der Waals surface area contributed by atoms with Gasteiger partial charge in [0.25, 0.3) is 0 Å². The van der Waals surface area contributed by atoms with Gasteiger partial charge >= 0.3 is 0 Å². The van der Waals surface area contributed by atoms with Gasteiger partial charge in [0.15, 0.2) is 0 Å². The van der Waals surface area contributed by atoms with Crippen molar-refractivity contribution < 1.29 is 13.5 Å². The molecule has 21 heavy (non-hydrogen) atoms. The number of ether oxygens (including phenoxy) is 1. The maximum absolute atomic E-state index is 13.6. The summed E-state index contributed by atoms with van der Waals surface area (Å²) in [7, 11) is 0. The molecule has 0 amide bonds. The summed E-state index contributed by atoms with van der Waals surface area (Å²) < 4.78 is 32.1. The lowest BCUT2D eigenvalue weighted by Crippen LogP contribution is -2.00. The van der Waals surface area contributed by atoms with E-state index in [2.05, 4.69) is 0 Å². The Bertz CT molecular complexity index is 601. The zero-order valence-corrected chi connectivity index (χ0v) is 12.5. The van der Waals surface area contributed by atoms with Crippen LogP contribution < -0.4 is 4.74 Å². The van der Waals surface area contributed by atoms with E-state index in [0.29, 0.717) is 18.6 Å². The smallest absolute Gasteiger partial charge is 0.129 e. The minimum Gasteiger partial charge on any atom is -0.494 e. The third kappa shape index (κ3) is 4.43. The number of hydrogen-bond acceptors (Lipinski definition) is 1. The molecule has 0 N–H and O–H groups in total. The van der Waals surface area contributed by atoms with E-state index in [4.69, 9.17) is 16.3 Å². The molecule has 112 valence electrons. The van der Waals surface area contributed by atoms with Crippen molar-refractivity contribution in [3.63, 3.8) is 0 Å². The Morgan fingerprint density at radius 2 is 1.95 bits per heavy atom. The van der Waals surface area contributed by atoms with Crippen molar-refractivity contribution in [2.45, 2.75) is 25.1 Å². The van der Waals surface area contributed by atoms with Crippen LogP contribution in [0.2, 0.25) is 0 Å². The summed E-state index contributed by atoms with van der Waals surface area (Å²) in [5.41, 5.74) is 1.25. The molecule has 0 aromatic heterocycles. The molecular formula is C17H17ClF2O. The van der Waals surface area contributed by atoms with E-state index in [1.165, 1.54) is 12.1 Å². The van der Waals surface area contributed by atoms with Gasteiger partial charge in [0.2, 0.25) is 0 Å². The highest BCUT2D eigenvalue weighted by Crippen LogP contribution is 2.28. The molecule has 0 saturated carbocycles. The predicted molar refractivity (Wildman–Crippen MR) is 80.9 cm³/mol. The third-order valence-corrected chi connectivity index (χ3v) is 3.51. The largest absolute Gasteiger partial charge is 0.494 e. The number of hydrogen-bond donors (Lipinski definition) is 0. The number of rotatable bonds is 6. The highest BCUT2D eigenvalue weighted by atomic mass is 35.5. The van der Waals surface area contributed by atoms with Crippen molar-refractivity contribution in [1.29, 1.82) is 0 Å². The van der Waals surface area contributed by atoms with Crippen LogP contribution in [0.3, 0.4) is 0 Å². The summed E-state index contributed by atoms with van der Waals surface area (Å²) in [5.74, 6) is -0.407. The molecule has 2 aromatic rings. The number of benzene rings is 2. The second-order valence-electron chi connectivity index (χ2n) is 4.83. The Balaban J connectivity index is 2.10. The summed E-state index contributed by atoms with van der Waals surface area (Å²) in [4.78, 5) is 0. The normalized spacial score (nSPS) is 12.2. The Morgan fingerprint density at radius 3 is 2.67 bits per heavy atom. The summed E-state index contributed by atoms with van der Waals surface area (Å²) in [6.45, 7) is 2.68. The number of alkyl halides is 1. The van der Waals surface area contributed by atoms with Crippen LogP contribution in [0.5, 0.6) is 5.75 Å². The maximum Gasteiger partial charge on any atom is 0.129 e. The van der Waals surface area contributed by atoms with Gasteiger partial charge in [-0.2, -0.15) is 0 Å². The van der Waals surface area contributed by atoms with Crippen LogP contribution in [0.25, 0.3) is 0 Å². The van der Waals surface area contributed by atoms with E-state index in [0.717, 1.165) is 23.8 Å². The molecule has 1 atom stereocenters. The summed E-state index contributed by atoms with van der Waals surface area (Å²) >= 11 is 6.34. The van der Waals surface area contributed by atoms with Gasteiger partial charge in [0.05, 0.1) is 12.0 Å². The zero-order chi connectivity index (χ0) is 15.2. The molecule has 2 aromatic carbocycles. The zero-order valence-electron chi connectivity index (χ0n) is 11.8.